The predicted octanol–water partition coefficient (Wildman–Crippen LogP) is 3.63. The van der Waals surface area contributed by atoms with Crippen molar-refractivity contribution in [2.45, 2.75) is 36.7 Å². The van der Waals surface area contributed by atoms with Crippen LogP contribution in [0.3, 0.4) is 0 Å². The minimum Gasteiger partial charge on any atom is -0.378 e. The first kappa shape index (κ1) is 13.5. The smallest absolute Gasteiger partial charge is 0.158 e. The third-order valence-electron chi connectivity index (χ3n) is 3.64. The van der Waals surface area contributed by atoms with Gasteiger partial charge in [-0.25, -0.2) is 4.39 Å². The number of halogens is 2. The van der Waals surface area contributed by atoms with Crippen molar-refractivity contribution in [3.05, 3.63) is 35.6 Å². The van der Waals surface area contributed by atoms with Crippen LogP contribution in [0.1, 0.15) is 36.6 Å². The number of carbonyl (C=O) groups excluding carboxylic acids is 1. The first-order chi connectivity index (χ1) is 8.56. The lowest BCUT2D eigenvalue weighted by Gasteiger charge is -2.40. The highest BCUT2D eigenvalue weighted by atomic mass is 35.5. The largest absolute Gasteiger partial charge is 0.378 e. The molecule has 2 rings (SSSR count). The van der Waals surface area contributed by atoms with E-state index in [1.807, 2.05) is 0 Å². The summed E-state index contributed by atoms with van der Waals surface area (Å²) in [5.41, 5.74) is 0.318. The maximum absolute atomic E-state index is 12.8. The molecule has 0 amide bonds. The number of methoxy groups -OCH3 is 1. The van der Waals surface area contributed by atoms with Crippen LogP contribution in [0.25, 0.3) is 0 Å². The van der Waals surface area contributed by atoms with Crippen molar-refractivity contribution in [1.29, 1.82) is 0 Å². The summed E-state index contributed by atoms with van der Waals surface area (Å²) in [4.78, 5) is 12.1. The number of ether oxygens (including phenoxy) is 1. The molecule has 1 aromatic carbocycles. The van der Waals surface area contributed by atoms with Gasteiger partial charge in [0.15, 0.2) is 5.78 Å². The van der Waals surface area contributed by atoms with Crippen molar-refractivity contribution in [3.63, 3.8) is 0 Å². The van der Waals surface area contributed by atoms with E-state index in [9.17, 15) is 9.18 Å². The van der Waals surface area contributed by atoms with Crippen molar-refractivity contribution in [2.24, 2.45) is 0 Å². The van der Waals surface area contributed by atoms with E-state index in [-0.39, 0.29) is 17.2 Å². The second kappa shape index (κ2) is 5.37. The van der Waals surface area contributed by atoms with Crippen molar-refractivity contribution in [3.8, 4) is 0 Å². The molecule has 0 bridgehead atoms. The van der Waals surface area contributed by atoms with Gasteiger partial charge < -0.3 is 4.74 Å². The molecule has 98 valence electrons. The number of carbonyl (C=O) groups is 1. The van der Waals surface area contributed by atoms with Crippen LogP contribution in [0.5, 0.6) is 0 Å². The van der Waals surface area contributed by atoms with Crippen molar-refractivity contribution >= 4 is 17.4 Å². The molecule has 1 saturated carbocycles. The summed E-state index contributed by atoms with van der Waals surface area (Å²) in [7, 11) is 1.63. The molecular formula is C14H16ClFO2. The van der Waals surface area contributed by atoms with Crippen molar-refractivity contribution in [2.75, 3.05) is 7.11 Å². The van der Waals surface area contributed by atoms with Crippen LogP contribution in [-0.4, -0.2) is 18.5 Å². The highest BCUT2D eigenvalue weighted by molar-refractivity contribution is 6.31. The highest BCUT2D eigenvalue weighted by Crippen LogP contribution is 2.40. The van der Waals surface area contributed by atoms with Gasteiger partial charge in [-0.15, -0.1) is 11.6 Å². The Labute approximate surface area is 111 Å². The number of hydrogen-bond donors (Lipinski definition) is 0. The molecule has 1 atom stereocenters. The number of ketones is 1. The lowest BCUT2D eigenvalue weighted by atomic mass is 9.76. The molecule has 1 unspecified atom stereocenters. The molecule has 2 nitrogen and oxygen atoms in total. The fraction of sp³-hybridized carbons (Fsp3) is 0.500. The van der Waals surface area contributed by atoms with Gasteiger partial charge in [0.1, 0.15) is 11.2 Å². The average molecular weight is 271 g/mol. The highest BCUT2D eigenvalue weighted by Gasteiger charge is 2.40. The van der Waals surface area contributed by atoms with E-state index in [2.05, 4.69) is 0 Å². The molecule has 0 saturated heterocycles. The minimum absolute atomic E-state index is 0.0650. The SMILES string of the molecule is COC1(CC(=O)C(Cl)c2ccc(F)cc2)CCC1. The molecule has 1 aliphatic rings. The van der Waals surface area contributed by atoms with E-state index in [4.69, 9.17) is 16.3 Å². The topological polar surface area (TPSA) is 26.3 Å². The van der Waals surface area contributed by atoms with Gasteiger partial charge in [-0.3, -0.25) is 4.79 Å². The molecule has 4 heteroatoms. The third-order valence-corrected chi connectivity index (χ3v) is 4.13. The minimum atomic E-state index is -0.724. The zero-order chi connectivity index (χ0) is 13.2. The maximum Gasteiger partial charge on any atom is 0.158 e. The monoisotopic (exact) mass is 270 g/mol. The lowest BCUT2D eigenvalue weighted by Crippen LogP contribution is -2.41. The number of hydrogen-bond acceptors (Lipinski definition) is 2. The maximum atomic E-state index is 12.8. The first-order valence-electron chi connectivity index (χ1n) is 6.04. The Morgan fingerprint density at radius 2 is 2.06 bits per heavy atom. The summed E-state index contributed by atoms with van der Waals surface area (Å²) < 4.78 is 18.2. The van der Waals surface area contributed by atoms with Crippen molar-refractivity contribution < 1.29 is 13.9 Å². The quantitative estimate of drug-likeness (QED) is 0.764. The predicted molar refractivity (Wildman–Crippen MR) is 68.2 cm³/mol. The van der Waals surface area contributed by atoms with Gasteiger partial charge in [0.2, 0.25) is 0 Å². The summed E-state index contributed by atoms with van der Waals surface area (Å²) >= 11 is 6.13. The fourth-order valence-electron chi connectivity index (χ4n) is 2.25. The Hall–Kier alpha value is -0.930. The molecule has 0 N–H and O–H groups in total. The molecule has 0 aliphatic heterocycles. The third kappa shape index (κ3) is 2.73. The van der Waals surface area contributed by atoms with E-state index in [0.717, 1.165) is 19.3 Å². The van der Waals surface area contributed by atoms with Gasteiger partial charge in [0.05, 0.1) is 5.60 Å². The zero-order valence-electron chi connectivity index (χ0n) is 10.3. The Morgan fingerprint density at radius 3 is 2.50 bits per heavy atom. The molecule has 18 heavy (non-hydrogen) atoms. The van der Waals surface area contributed by atoms with Gasteiger partial charge >= 0.3 is 0 Å². The Bertz CT molecular complexity index is 420. The molecule has 1 aliphatic carbocycles. The standard InChI is InChI=1S/C14H16ClFO2/c1-18-14(7-2-8-14)9-12(17)13(15)10-3-5-11(16)6-4-10/h3-6,13H,2,7-9H2,1H3. The summed E-state index contributed by atoms with van der Waals surface area (Å²) in [5, 5.41) is -0.724. The summed E-state index contributed by atoms with van der Waals surface area (Å²) in [6, 6.07) is 5.72. The van der Waals surface area contributed by atoms with Crippen LogP contribution in [-0.2, 0) is 9.53 Å². The molecular weight excluding hydrogens is 255 g/mol. The van der Waals surface area contributed by atoms with Gasteiger partial charge in [0, 0.05) is 13.5 Å². The molecule has 0 heterocycles. The van der Waals surface area contributed by atoms with E-state index >= 15 is 0 Å². The zero-order valence-corrected chi connectivity index (χ0v) is 11.0. The van der Waals surface area contributed by atoms with Crippen molar-refractivity contribution in [1.82, 2.24) is 0 Å². The summed E-state index contributed by atoms with van der Waals surface area (Å²) in [6.07, 6.45) is 3.23. The normalized spacial score (nSPS) is 19.1. The van der Waals surface area contributed by atoms with E-state index in [1.165, 1.54) is 12.1 Å². The van der Waals surface area contributed by atoms with Crippen LogP contribution in [0.15, 0.2) is 24.3 Å². The number of alkyl halides is 1. The molecule has 0 radical (unpaired) electrons. The van der Waals surface area contributed by atoms with Gasteiger partial charge in [0.25, 0.3) is 0 Å². The van der Waals surface area contributed by atoms with Gasteiger partial charge in [-0.1, -0.05) is 12.1 Å². The second-order valence-corrected chi connectivity index (χ2v) is 5.23. The number of rotatable bonds is 5. The molecule has 1 aromatic rings. The van der Waals surface area contributed by atoms with E-state index < -0.39 is 5.38 Å². The van der Waals surface area contributed by atoms with Crippen LogP contribution in [0.2, 0.25) is 0 Å². The van der Waals surface area contributed by atoms with Crippen LogP contribution in [0, 0.1) is 5.82 Å². The van der Waals surface area contributed by atoms with Gasteiger partial charge in [-0.05, 0) is 37.0 Å². The first-order valence-corrected chi connectivity index (χ1v) is 6.47. The average Bonchev–Trinajstić information content (AvgIpc) is 2.33. The Kier molecular flexibility index (Phi) is 4.03. The van der Waals surface area contributed by atoms with Gasteiger partial charge in [-0.2, -0.15) is 0 Å². The van der Waals surface area contributed by atoms with E-state index in [0.29, 0.717) is 12.0 Å². The number of Topliss-reactive ketones (excluding diaryl/α,β-unsaturated/α-hetero) is 1. The molecule has 0 spiro atoms. The fourth-order valence-corrected chi connectivity index (χ4v) is 2.47. The summed E-state index contributed by atoms with van der Waals surface area (Å²) in [5.74, 6) is -0.396. The Balaban J connectivity index is 2.02. The Morgan fingerprint density at radius 1 is 1.44 bits per heavy atom. The lowest BCUT2D eigenvalue weighted by molar-refractivity contribution is -0.132. The van der Waals surface area contributed by atoms with Crippen LogP contribution in [0.4, 0.5) is 4.39 Å². The van der Waals surface area contributed by atoms with E-state index in [1.54, 1.807) is 19.2 Å². The summed E-state index contributed by atoms with van der Waals surface area (Å²) in [6.45, 7) is 0. The number of benzene rings is 1. The molecule has 0 aromatic heterocycles. The second-order valence-electron chi connectivity index (χ2n) is 4.80. The van der Waals surface area contributed by atoms with Crippen LogP contribution < -0.4 is 0 Å². The molecule has 1 fully saturated rings. The van der Waals surface area contributed by atoms with Crippen LogP contribution >= 0.6 is 11.6 Å².